The molecule has 0 heterocycles. The molecule has 5 rings (SSSR count). The van der Waals surface area contributed by atoms with E-state index < -0.39 is 0 Å². The van der Waals surface area contributed by atoms with Crippen LogP contribution in [0.5, 0.6) is 0 Å². The van der Waals surface area contributed by atoms with Crippen LogP contribution in [0.15, 0.2) is 103 Å². The van der Waals surface area contributed by atoms with Gasteiger partial charge in [-0.2, -0.15) is 12.1 Å². The molecule has 0 fully saturated rings. The van der Waals surface area contributed by atoms with E-state index in [0.717, 1.165) is 0 Å². The molecule has 0 aliphatic carbocycles. The molecule has 0 unspecified atom stereocenters. The van der Waals surface area contributed by atoms with Crippen molar-refractivity contribution in [2.75, 3.05) is 0 Å². The van der Waals surface area contributed by atoms with Gasteiger partial charge >= 0.3 is 63.8 Å². The first-order chi connectivity index (χ1) is 13.7. The Morgan fingerprint density at radius 3 is 1.35 bits per heavy atom. The summed E-state index contributed by atoms with van der Waals surface area (Å²) < 4.78 is 2.17. The van der Waals surface area contributed by atoms with Crippen LogP contribution in [0.25, 0.3) is 21.5 Å². The Hall–Kier alpha value is -1.79. The van der Waals surface area contributed by atoms with Crippen LogP contribution in [0.1, 0.15) is 16.7 Å². The average molecular weight is 528 g/mol. The van der Waals surface area contributed by atoms with E-state index in [4.69, 9.17) is 0 Å². The summed E-state index contributed by atoms with van der Waals surface area (Å²) in [5.41, 5.74) is 4.02. The molecule has 0 atom stereocenters. The maximum absolute atomic E-state index is 2.20. The fraction of sp³-hybridized carbons (Fsp3) is 0.0714. The van der Waals surface area contributed by atoms with Crippen molar-refractivity contribution in [3.05, 3.63) is 127 Å². The zero-order chi connectivity index (χ0) is 19.8. The summed E-state index contributed by atoms with van der Waals surface area (Å²) in [5.74, 6) is 0. The monoisotopic (exact) mass is 525 g/mol. The summed E-state index contributed by atoms with van der Waals surface area (Å²) in [4.78, 5) is 0. The predicted molar refractivity (Wildman–Crippen MR) is 141 cm³/mol. The molecule has 0 bridgehead atoms. The number of rotatable bonds is 1. The van der Waals surface area contributed by atoms with Crippen molar-refractivity contribution in [1.82, 2.24) is 0 Å². The van der Waals surface area contributed by atoms with Crippen LogP contribution in [0.4, 0.5) is 0 Å². The minimum atomic E-state index is 0. The zero-order valence-electron chi connectivity index (χ0n) is 18.2. The van der Waals surface area contributed by atoms with Crippen molar-refractivity contribution < 1.29 is 24.2 Å². The molecule has 5 aromatic carbocycles. The Balaban J connectivity index is 0.000000419. The summed E-state index contributed by atoms with van der Waals surface area (Å²) in [6.45, 7) is 4.25. The number of aryl methyl sites for hydroxylation is 2. The van der Waals surface area contributed by atoms with E-state index in [1.54, 1.807) is 0 Å². The molecule has 3 heteroatoms. The summed E-state index contributed by atoms with van der Waals surface area (Å²) in [6, 6.07) is 36.0. The molecule has 0 saturated heterocycles. The SMILES string of the molecule is Cc1cc2ccccc2[cH-]1.Cc1cc2ccccc2[cH-]1.Cl.Cl.[CH3-].[Zr]=[CH]c1ccccc1. The third-order valence-corrected chi connectivity index (χ3v) is 5.31. The van der Waals surface area contributed by atoms with Gasteiger partial charge in [0.05, 0.1) is 0 Å². The Morgan fingerprint density at radius 1 is 0.613 bits per heavy atom. The zero-order valence-corrected chi connectivity index (χ0v) is 22.3. The first-order valence-electron chi connectivity index (χ1n) is 9.45. The number of halogens is 2. The first kappa shape index (κ1) is 29.2. The van der Waals surface area contributed by atoms with Crippen LogP contribution in [0.2, 0.25) is 0 Å². The second-order valence-electron chi connectivity index (χ2n) is 6.88. The van der Waals surface area contributed by atoms with E-state index in [1.807, 2.05) is 6.07 Å². The average Bonchev–Trinajstić information content (AvgIpc) is 3.29. The van der Waals surface area contributed by atoms with Gasteiger partial charge in [-0.25, -0.2) is 0 Å². The van der Waals surface area contributed by atoms with E-state index in [0.29, 0.717) is 0 Å². The summed E-state index contributed by atoms with van der Waals surface area (Å²) in [7, 11) is 0. The number of hydrogen-bond donors (Lipinski definition) is 0. The molecule has 0 spiro atoms. The molecule has 31 heavy (non-hydrogen) atoms. The standard InChI is InChI=1S/2C10H9.C7H6.CH3.2ClH.Zr/c2*1-8-6-9-4-2-3-5-10(9)7-8;1-7-5-3-2-4-6-7;;;;/h2*2-7H,1H3;1-6H;1H3;2*1H;/q2*-1;;-1;;;. The molecule has 0 amide bonds. The van der Waals surface area contributed by atoms with Gasteiger partial charge in [0.15, 0.2) is 0 Å². The van der Waals surface area contributed by atoms with E-state index in [-0.39, 0.29) is 32.2 Å². The van der Waals surface area contributed by atoms with E-state index in [1.165, 1.54) is 62.5 Å². The van der Waals surface area contributed by atoms with Crippen molar-refractivity contribution in [3.8, 4) is 0 Å². The molecule has 0 saturated carbocycles. The molecular weight excluding hydrogens is 498 g/mol. The van der Waals surface area contributed by atoms with Crippen molar-refractivity contribution in [2.24, 2.45) is 0 Å². The van der Waals surface area contributed by atoms with Crippen molar-refractivity contribution in [2.45, 2.75) is 13.8 Å². The van der Waals surface area contributed by atoms with Gasteiger partial charge in [0, 0.05) is 0 Å². The Bertz CT molecular complexity index is 1020. The molecule has 162 valence electrons. The van der Waals surface area contributed by atoms with Gasteiger partial charge in [-0.05, 0) is 0 Å². The molecule has 0 aromatic heterocycles. The van der Waals surface area contributed by atoms with Crippen LogP contribution in [0.3, 0.4) is 0 Å². The quantitative estimate of drug-likeness (QED) is 0.192. The molecule has 0 N–H and O–H groups in total. The van der Waals surface area contributed by atoms with Crippen molar-refractivity contribution in [3.63, 3.8) is 0 Å². The molecule has 0 nitrogen and oxygen atoms in total. The van der Waals surface area contributed by atoms with Crippen LogP contribution in [-0.4, -0.2) is 3.71 Å². The Morgan fingerprint density at radius 2 is 1.00 bits per heavy atom. The fourth-order valence-corrected chi connectivity index (χ4v) is 3.63. The second kappa shape index (κ2) is 15.1. The van der Waals surface area contributed by atoms with E-state index in [9.17, 15) is 0 Å². The summed E-state index contributed by atoms with van der Waals surface area (Å²) in [6.07, 6.45) is 0. The Labute approximate surface area is 214 Å². The van der Waals surface area contributed by atoms with Crippen LogP contribution < -0.4 is 0 Å². The molecule has 0 aliphatic heterocycles. The van der Waals surface area contributed by atoms with Crippen molar-refractivity contribution >= 4 is 50.1 Å². The topological polar surface area (TPSA) is 0 Å². The van der Waals surface area contributed by atoms with Gasteiger partial charge in [-0.15, -0.1) is 106 Å². The predicted octanol–water partition coefficient (Wildman–Crippen LogP) is 8.41. The van der Waals surface area contributed by atoms with Gasteiger partial charge < -0.3 is 7.43 Å². The Kier molecular flexibility index (Phi) is 14.2. The van der Waals surface area contributed by atoms with Crippen molar-refractivity contribution in [1.29, 1.82) is 0 Å². The van der Waals surface area contributed by atoms with Gasteiger partial charge in [0.2, 0.25) is 0 Å². The fourth-order valence-electron chi connectivity index (χ4n) is 3.16. The van der Waals surface area contributed by atoms with Crippen LogP contribution >= 0.6 is 24.8 Å². The molecule has 0 aliphatic rings. The third-order valence-electron chi connectivity index (χ3n) is 4.49. The van der Waals surface area contributed by atoms with Gasteiger partial charge in [-0.3, -0.25) is 0 Å². The van der Waals surface area contributed by atoms with Crippen LogP contribution in [0, 0.1) is 21.3 Å². The molecule has 5 aromatic rings. The van der Waals surface area contributed by atoms with Gasteiger partial charge in [0.25, 0.3) is 0 Å². The summed E-state index contributed by atoms with van der Waals surface area (Å²) in [5, 5.41) is 5.39. The second-order valence-corrected chi connectivity index (χ2v) is 7.59. The minimum absolute atomic E-state index is 0. The number of benzene rings is 3. The van der Waals surface area contributed by atoms with Gasteiger partial charge in [0.1, 0.15) is 0 Å². The molecule has 0 radical (unpaired) electrons. The first-order valence-corrected chi connectivity index (χ1v) is 10.9. The summed E-state index contributed by atoms with van der Waals surface area (Å²) >= 11 is 1.46. The van der Waals surface area contributed by atoms with Gasteiger partial charge in [-0.1, -0.05) is 26.0 Å². The van der Waals surface area contributed by atoms with Crippen LogP contribution in [-0.2, 0) is 24.2 Å². The number of fused-ring (bicyclic) bond motifs is 2. The molecular formula is C28H29Cl2Zr-3. The number of hydrogen-bond acceptors (Lipinski definition) is 0. The van der Waals surface area contributed by atoms with E-state index in [2.05, 4.69) is 115 Å². The third kappa shape index (κ3) is 9.08. The maximum atomic E-state index is 2.20. The normalized spacial score (nSPS) is 8.94. The van der Waals surface area contributed by atoms with E-state index >= 15 is 0 Å².